The average molecular weight is 426 g/mol. The van der Waals surface area contributed by atoms with Crippen molar-refractivity contribution in [2.24, 2.45) is 0 Å². The van der Waals surface area contributed by atoms with Crippen LogP contribution in [0, 0.1) is 5.82 Å². The summed E-state index contributed by atoms with van der Waals surface area (Å²) in [5.74, 6) is -1.14. The highest BCUT2D eigenvalue weighted by molar-refractivity contribution is 6.53. The standard InChI is InChI=1S/C20H22Cl2FN3O2/c1-2-9-25(20(28)19(21)22)13-17(27)26-12-11-24-10-5-8-16(24)18(26)14-6-3-4-7-15(14)23/h3-8,10,18-19H,2,9,11-13H2,1H3. The molecule has 1 atom stereocenters. The minimum Gasteiger partial charge on any atom is -0.348 e. The summed E-state index contributed by atoms with van der Waals surface area (Å²) in [7, 11) is 0. The zero-order valence-corrected chi connectivity index (χ0v) is 17.0. The SMILES string of the molecule is CCCN(CC(=O)N1CCn2cccc2C1c1ccccc1F)C(=O)C(Cl)Cl. The predicted molar refractivity (Wildman–Crippen MR) is 107 cm³/mol. The van der Waals surface area contributed by atoms with Gasteiger partial charge in [0.2, 0.25) is 5.91 Å². The van der Waals surface area contributed by atoms with Crippen molar-refractivity contribution in [1.29, 1.82) is 0 Å². The molecular formula is C20H22Cl2FN3O2. The highest BCUT2D eigenvalue weighted by Crippen LogP contribution is 2.34. The van der Waals surface area contributed by atoms with Crippen LogP contribution in [0.3, 0.4) is 0 Å². The lowest BCUT2D eigenvalue weighted by Crippen LogP contribution is -2.49. The number of rotatable bonds is 6. The zero-order chi connectivity index (χ0) is 20.3. The molecule has 3 rings (SSSR count). The van der Waals surface area contributed by atoms with Gasteiger partial charge in [0, 0.05) is 37.1 Å². The molecule has 2 amide bonds. The van der Waals surface area contributed by atoms with E-state index < -0.39 is 16.8 Å². The Hall–Kier alpha value is -2.05. The summed E-state index contributed by atoms with van der Waals surface area (Å²) in [6, 6.07) is 9.66. The number of hydrogen-bond acceptors (Lipinski definition) is 2. The molecule has 0 N–H and O–H groups in total. The first-order chi connectivity index (χ1) is 13.4. The lowest BCUT2D eigenvalue weighted by Gasteiger charge is -2.38. The Morgan fingerprint density at radius 2 is 1.96 bits per heavy atom. The molecule has 1 aromatic carbocycles. The van der Waals surface area contributed by atoms with Crippen LogP contribution in [0.2, 0.25) is 0 Å². The molecule has 1 aromatic heterocycles. The normalized spacial score (nSPS) is 16.2. The highest BCUT2D eigenvalue weighted by Gasteiger charge is 2.35. The Balaban J connectivity index is 1.92. The molecule has 1 aliphatic heterocycles. The van der Waals surface area contributed by atoms with Crippen molar-refractivity contribution in [3.8, 4) is 0 Å². The number of halogens is 3. The first kappa shape index (κ1) is 20.7. The third-order valence-corrected chi connectivity index (χ3v) is 5.25. The second kappa shape index (κ2) is 8.97. The minimum atomic E-state index is -1.22. The molecule has 1 aliphatic rings. The molecule has 2 heterocycles. The van der Waals surface area contributed by atoms with Gasteiger partial charge >= 0.3 is 0 Å². The van der Waals surface area contributed by atoms with Gasteiger partial charge in [-0.1, -0.05) is 48.3 Å². The van der Waals surface area contributed by atoms with Crippen LogP contribution in [-0.4, -0.2) is 50.7 Å². The van der Waals surface area contributed by atoms with E-state index in [1.165, 1.54) is 11.0 Å². The number of aromatic nitrogens is 1. The number of fused-ring (bicyclic) bond motifs is 1. The molecule has 2 aromatic rings. The maximum absolute atomic E-state index is 14.6. The maximum Gasteiger partial charge on any atom is 0.256 e. The average Bonchev–Trinajstić information content (AvgIpc) is 3.15. The number of benzene rings is 1. The molecule has 0 spiro atoms. The zero-order valence-electron chi connectivity index (χ0n) is 15.5. The van der Waals surface area contributed by atoms with Gasteiger partial charge in [0.25, 0.3) is 5.91 Å². The molecule has 0 radical (unpaired) electrons. The topological polar surface area (TPSA) is 45.6 Å². The fourth-order valence-electron chi connectivity index (χ4n) is 3.61. The number of carbonyl (C=O) groups is 2. The molecule has 0 saturated heterocycles. The van der Waals surface area contributed by atoms with Crippen LogP contribution in [0.15, 0.2) is 42.6 Å². The van der Waals surface area contributed by atoms with Crippen LogP contribution < -0.4 is 0 Å². The Kier molecular flexibility index (Phi) is 6.62. The lowest BCUT2D eigenvalue weighted by molar-refractivity contribution is -0.141. The summed E-state index contributed by atoms with van der Waals surface area (Å²) < 4.78 is 16.6. The Morgan fingerprint density at radius 3 is 2.64 bits per heavy atom. The van der Waals surface area contributed by atoms with Crippen molar-refractivity contribution in [2.75, 3.05) is 19.6 Å². The van der Waals surface area contributed by atoms with Gasteiger partial charge in [-0.2, -0.15) is 0 Å². The molecular weight excluding hydrogens is 404 g/mol. The molecule has 0 fully saturated rings. The van der Waals surface area contributed by atoms with E-state index in [1.54, 1.807) is 23.1 Å². The van der Waals surface area contributed by atoms with Crippen molar-refractivity contribution in [1.82, 2.24) is 14.4 Å². The van der Waals surface area contributed by atoms with Gasteiger partial charge < -0.3 is 14.4 Å². The summed E-state index contributed by atoms with van der Waals surface area (Å²) >= 11 is 11.4. The van der Waals surface area contributed by atoms with Crippen molar-refractivity contribution >= 4 is 35.0 Å². The van der Waals surface area contributed by atoms with E-state index >= 15 is 0 Å². The summed E-state index contributed by atoms with van der Waals surface area (Å²) in [6.07, 6.45) is 2.59. The van der Waals surface area contributed by atoms with E-state index in [4.69, 9.17) is 23.2 Å². The van der Waals surface area contributed by atoms with Gasteiger partial charge in [-0.15, -0.1) is 0 Å². The first-order valence-electron chi connectivity index (χ1n) is 9.20. The van der Waals surface area contributed by atoms with Gasteiger partial charge in [0.05, 0.1) is 6.54 Å². The van der Waals surface area contributed by atoms with Crippen molar-refractivity contribution in [3.05, 3.63) is 59.7 Å². The number of amides is 2. The molecule has 0 saturated carbocycles. The summed E-state index contributed by atoms with van der Waals surface area (Å²) in [5, 5.41) is 0. The van der Waals surface area contributed by atoms with Crippen molar-refractivity contribution in [2.45, 2.75) is 30.8 Å². The van der Waals surface area contributed by atoms with Crippen molar-refractivity contribution < 1.29 is 14.0 Å². The minimum absolute atomic E-state index is 0.145. The molecule has 150 valence electrons. The maximum atomic E-state index is 14.6. The van der Waals surface area contributed by atoms with Gasteiger partial charge in [-0.05, 0) is 24.6 Å². The molecule has 1 unspecified atom stereocenters. The van der Waals surface area contributed by atoms with Gasteiger partial charge in [0.1, 0.15) is 11.9 Å². The summed E-state index contributed by atoms with van der Waals surface area (Å²) in [4.78, 5) is 27.2. The number of nitrogens with zero attached hydrogens (tertiary/aromatic N) is 3. The molecule has 5 nitrogen and oxygen atoms in total. The molecule has 0 aliphatic carbocycles. The van der Waals surface area contributed by atoms with E-state index in [-0.39, 0.29) is 18.3 Å². The fraction of sp³-hybridized carbons (Fsp3) is 0.400. The third kappa shape index (κ3) is 4.18. The van der Waals surface area contributed by atoms with E-state index in [2.05, 4.69) is 0 Å². The molecule has 8 heteroatoms. The van der Waals surface area contributed by atoms with E-state index in [0.717, 1.165) is 5.69 Å². The van der Waals surface area contributed by atoms with Crippen LogP contribution in [0.25, 0.3) is 0 Å². The first-order valence-corrected chi connectivity index (χ1v) is 10.1. The van der Waals surface area contributed by atoms with Crippen LogP contribution in [0.1, 0.15) is 30.6 Å². The van der Waals surface area contributed by atoms with Crippen LogP contribution in [0.4, 0.5) is 4.39 Å². The quantitative estimate of drug-likeness (QED) is 0.663. The van der Waals surface area contributed by atoms with Crippen molar-refractivity contribution in [3.63, 3.8) is 0 Å². The van der Waals surface area contributed by atoms with E-state index in [9.17, 15) is 14.0 Å². The van der Waals surface area contributed by atoms with Crippen LogP contribution in [-0.2, 0) is 16.1 Å². The van der Waals surface area contributed by atoms with Gasteiger partial charge in [-0.3, -0.25) is 9.59 Å². The lowest BCUT2D eigenvalue weighted by atomic mass is 9.99. The predicted octanol–water partition coefficient (Wildman–Crippen LogP) is 3.60. The smallest absolute Gasteiger partial charge is 0.256 e. The summed E-state index contributed by atoms with van der Waals surface area (Å²) in [6.45, 7) is 3.15. The van der Waals surface area contributed by atoms with Gasteiger partial charge in [-0.25, -0.2) is 4.39 Å². The third-order valence-electron chi connectivity index (χ3n) is 4.88. The number of carbonyl (C=O) groups excluding carboxylic acids is 2. The van der Waals surface area contributed by atoms with Gasteiger partial charge in [0.15, 0.2) is 4.84 Å². The largest absolute Gasteiger partial charge is 0.348 e. The van der Waals surface area contributed by atoms with E-state index in [0.29, 0.717) is 31.6 Å². The van der Waals surface area contributed by atoms with E-state index in [1.807, 2.05) is 29.8 Å². The molecule has 28 heavy (non-hydrogen) atoms. The number of alkyl halides is 2. The Bertz CT molecular complexity index is 855. The summed E-state index contributed by atoms with van der Waals surface area (Å²) in [5.41, 5.74) is 1.27. The van der Waals surface area contributed by atoms with Crippen LogP contribution in [0.5, 0.6) is 0 Å². The molecule has 0 bridgehead atoms. The monoisotopic (exact) mass is 425 g/mol. The fourth-order valence-corrected chi connectivity index (χ4v) is 3.88. The van der Waals surface area contributed by atoms with Crippen LogP contribution >= 0.6 is 23.2 Å². The second-order valence-electron chi connectivity index (χ2n) is 6.70. The number of hydrogen-bond donors (Lipinski definition) is 0. The highest BCUT2D eigenvalue weighted by atomic mass is 35.5. The second-order valence-corrected chi connectivity index (χ2v) is 7.79. The Morgan fingerprint density at radius 1 is 1.21 bits per heavy atom. The Labute approximate surface area is 173 Å².